The summed E-state index contributed by atoms with van der Waals surface area (Å²) >= 11 is 0. The first kappa shape index (κ1) is 47.9. The zero-order chi connectivity index (χ0) is 44.6. The van der Waals surface area contributed by atoms with Gasteiger partial charge in [0.15, 0.2) is 0 Å². The maximum atomic E-state index is 11.8. The summed E-state index contributed by atoms with van der Waals surface area (Å²) < 4.78 is 44.4. The van der Waals surface area contributed by atoms with Crippen LogP contribution in [0, 0.1) is 75.4 Å². The molecule has 10 heteroatoms. The SMILES string of the molecule is CC(=O)N1CC2(C1)C(C)CC2C.CC1CC(C)C12CCC2.CC1CC(C)C12CCc1ccccc12.COP1(=O)CCC2(CO1)C(C)C2C.COP1(=O)CCC2(O1)C(C)CC2C. The lowest BCUT2D eigenvalue weighted by atomic mass is 9.45. The monoisotopic (exact) mass is 886 g/mol. The van der Waals surface area contributed by atoms with Crippen molar-refractivity contribution < 1.29 is 32.0 Å². The first-order valence-electron chi connectivity index (χ1n) is 24.6. The van der Waals surface area contributed by atoms with E-state index in [2.05, 4.69) is 93.5 Å². The highest BCUT2D eigenvalue weighted by atomic mass is 31.2. The summed E-state index contributed by atoms with van der Waals surface area (Å²) in [5, 5.41) is 0. The van der Waals surface area contributed by atoms with Crippen LogP contribution in [0.5, 0.6) is 0 Å². The number of nitrogens with zero attached hydrogens (tertiary/aromatic N) is 1. The van der Waals surface area contributed by atoms with Gasteiger partial charge in [0.05, 0.1) is 24.5 Å². The summed E-state index contributed by atoms with van der Waals surface area (Å²) in [5.74, 6) is 8.35. The van der Waals surface area contributed by atoms with E-state index in [1.807, 2.05) is 4.90 Å². The molecule has 12 atom stereocenters. The van der Waals surface area contributed by atoms with Crippen molar-refractivity contribution in [3.8, 4) is 0 Å². The van der Waals surface area contributed by atoms with Crippen LogP contribution in [0.15, 0.2) is 24.3 Å². The Kier molecular flexibility index (Phi) is 13.6. The lowest BCUT2D eigenvalue weighted by Crippen LogP contribution is -2.68. The van der Waals surface area contributed by atoms with Gasteiger partial charge in [-0.15, -0.1) is 0 Å². The van der Waals surface area contributed by atoms with Crippen LogP contribution >= 0.6 is 15.2 Å². The highest BCUT2D eigenvalue weighted by molar-refractivity contribution is 7.54. The van der Waals surface area contributed by atoms with Gasteiger partial charge in [-0.1, -0.05) is 99.9 Å². The molecular weight excluding hydrogens is 801 g/mol. The number of aryl methyl sites for hydroxylation is 1. The third-order valence-electron chi connectivity index (χ3n) is 20.7. The van der Waals surface area contributed by atoms with Gasteiger partial charge in [0.1, 0.15) is 0 Å². The van der Waals surface area contributed by atoms with Gasteiger partial charge >= 0.3 is 15.2 Å². The van der Waals surface area contributed by atoms with E-state index in [0.29, 0.717) is 47.0 Å². The summed E-state index contributed by atoms with van der Waals surface area (Å²) in [5.41, 5.74) is 5.44. The van der Waals surface area contributed by atoms with Crippen LogP contribution in [0.2, 0.25) is 0 Å². The molecule has 11 rings (SSSR count). The molecule has 0 aromatic heterocycles. The van der Waals surface area contributed by atoms with Gasteiger partial charge in [-0.05, 0) is 140 Å². The van der Waals surface area contributed by atoms with Crippen LogP contribution in [-0.4, -0.2) is 62.6 Å². The lowest BCUT2D eigenvalue weighted by Gasteiger charge is -2.64. The molecule has 12 unspecified atom stereocenters. The normalized spacial score (nSPS) is 46.8. The standard InChI is InChI=1S/C14H18.C10H17NO.2C9H17O3P.C9H16/c1-10-9-11(2)14(10)8-7-12-5-3-4-6-13(12)14;1-7-4-8(2)10(7)5-11(6-10)9(3)12;1-7-8(2)9(7)4-5-13(10,11-3)12-6-9;1-7-6-8(2)9(7)4-5-13(10,11-3)12-9;1-7-6-8(2)9(7)4-3-5-9/h3-6,10-11H,7-9H2,1-2H3;7-8H,4-6H2,1-3H3;2*7-8H,4-6H2,1-3H3;7-8H,3-6H2,1-2H3. The maximum Gasteiger partial charge on any atom is 0.331 e. The first-order chi connectivity index (χ1) is 28.6. The van der Waals surface area contributed by atoms with Crippen LogP contribution in [0.3, 0.4) is 0 Å². The van der Waals surface area contributed by atoms with E-state index >= 15 is 0 Å². The zero-order valence-electron chi connectivity index (χ0n) is 40.6. The van der Waals surface area contributed by atoms with Crippen molar-refractivity contribution in [2.75, 3.05) is 46.2 Å². The third kappa shape index (κ3) is 7.98. The van der Waals surface area contributed by atoms with Crippen LogP contribution in [0.25, 0.3) is 0 Å². The maximum absolute atomic E-state index is 11.8. The smallest absolute Gasteiger partial charge is 0.331 e. The van der Waals surface area contributed by atoms with Gasteiger partial charge < -0.3 is 23.0 Å². The molecule has 7 aliphatic carbocycles. The van der Waals surface area contributed by atoms with Gasteiger partial charge in [0.2, 0.25) is 5.91 Å². The molecule has 1 aromatic rings. The Morgan fingerprint density at radius 3 is 1.51 bits per heavy atom. The topological polar surface area (TPSA) is 91.4 Å². The predicted molar refractivity (Wildman–Crippen MR) is 248 cm³/mol. The lowest BCUT2D eigenvalue weighted by molar-refractivity contribution is -0.172. The molecular formula is C51H85NO7P2. The Balaban J connectivity index is 0.000000116. The molecule has 61 heavy (non-hydrogen) atoms. The van der Waals surface area contributed by atoms with Crippen molar-refractivity contribution >= 4 is 21.1 Å². The Morgan fingerprint density at radius 2 is 1.15 bits per heavy atom. The molecule has 10 aliphatic rings. The minimum atomic E-state index is -2.71. The number of rotatable bonds is 2. The quantitative estimate of drug-likeness (QED) is 0.273. The first-order valence-corrected chi connectivity index (χ1v) is 28.1. The molecule has 6 saturated carbocycles. The molecule has 0 N–H and O–H groups in total. The number of hydrogen-bond acceptors (Lipinski definition) is 7. The molecule has 8 nitrogen and oxygen atoms in total. The minimum Gasteiger partial charge on any atom is -0.342 e. The number of fused-ring (bicyclic) bond motifs is 2. The Morgan fingerprint density at radius 1 is 0.639 bits per heavy atom. The highest BCUT2D eigenvalue weighted by Gasteiger charge is 2.62. The van der Waals surface area contributed by atoms with Gasteiger partial charge in [0.25, 0.3) is 0 Å². The summed E-state index contributed by atoms with van der Waals surface area (Å²) in [6, 6.07) is 9.09. The fraction of sp³-hybridized carbons (Fsp3) is 0.863. The molecule has 346 valence electrons. The molecule has 3 heterocycles. The molecule has 1 amide bonds. The second kappa shape index (κ2) is 17.3. The van der Waals surface area contributed by atoms with E-state index in [0.717, 1.165) is 78.7 Å². The average molecular weight is 886 g/mol. The van der Waals surface area contributed by atoms with Gasteiger partial charge in [-0.25, -0.2) is 0 Å². The number of carbonyl (C=O) groups excluding carboxylic acids is 1. The highest BCUT2D eigenvalue weighted by Crippen LogP contribution is 2.69. The van der Waals surface area contributed by atoms with Crippen LogP contribution in [0.1, 0.15) is 151 Å². The number of hydrogen-bond donors (Lipinski definition) is 0. The van der Waals surface area contributed by atoms with E-state index in [-0.39, 0.29) is 11.5 Å². The predicted octanol–water partition coefficient (Wildman–Crippen LogP) is 13.1. The van der Waals surface area contributed by atoms with E-state index in [1.54, 1.807) is 18.1 Å². The minimum absolute atomic E-state index is 0.120. The largest absolute Gasteiger partial charge is 0.342 e. The number of likely N-dealkylation sites (tertiary alicyclic amines) is 1. The summed E-state index contributed by atoms with van der Waals surface area (Å²) in [6.07, 6.45) is 15.8. The van der Waals surface area contributed by atoms with Gasteiger partial charge in [-0.2, -0.15) is 0 Å². The Bertz CT molecular complexity index is 1780. The summed E-state index contributed by atoms with van der Waals surface area (Å²) in [4.78, 5) is 13.0. The average Bonchev–Trinajstić information content (AvgIpc) is 3.54. The van der Waals surface area contributed by atoms with E-state index < -0.39 is 15.2 Å². The van der Waals surface area contributed by atoms with Crippen molar-refractivity contribution in [1.82, 2.24) is 4.90 Å². The van der Waals surface area contributed by atoms with E-state index in [1.165, 1.54) is 72.0 Å². The molecule has 3 aliphatic heterocycles. The second-order valence-electron chi connectivity index (χ2n) is 22.7. The van der Waals surface area contributed by atoms with Crippen LogP contribution < -0.4 is 0 Å². The fourth-order valence-electron chi connectivity index (χ4n) is 14.9. The zero-order valence-corrected chi connectivity index (χ0v) is 42.4. The fourth-order valence-corrected chi connectivity index (χ4v) is 18.4. The molecule has 5 spiro atoms. The Labute approximate surface area is 371 Å². The van der Waals surface area contributed by atoms with Crippen LogP contribution in [-0.2, 0) is 43.9 Å². The number of amides is 1. The Hall–Kier alpha value is -1.01. The molecule has 1 aromatic carbocycles. The van der Waals surface area contributed by atoms with Crippen LogP contribution in [0.4, 0.5) is 0 Å². The van der Waals surface area contributed by atoms with Gasteiger partial charge in [-0.3, -0.25) is 13.9 Å². The van der Waals surface area contributed by atoms with Crippen molar-refractivity contribution in [2.24, 2.45) is 75.4 Å². The van der Waals surface area contributed by atoms with Gasteiger partial charge in [0, 0.05) is 50.5 Å². The number of carbonyl (C=O) groups is 1. The summed E-state index contributed by atoms with van der Waals surface area (Å²) in [6.45, 7) is 27.5. The molecule has 3 saturated heterocycles. The molecule has 9 fully saturated rings. The second-order valence-corrected chi connectivity index (χ2v) is 27.2. The molecule has 0 bridgehead atoms. The van der Waals surface area contributed by atoms with E-state index in [9.17, 15) is 13.9 Å². The molecule has 0 radical (unpaired) electrons. The van der Waals surface area contributed by atoms with Crippen molar-refractivity contribution in [2.45, 2.75) is 158 Å². The van der Waals surface area contributed by atoms with Crippen molar-refractivity contribution in [1.29, 1.82) is 0 Å². The summed E-state index contributed by atoms with van der Waals surface area (Å²) in [7, 11) is -2.45. The van der Waals surface area contributed by atoms with E-state index in [4.69, 9.17) is 18.1 Å². The number of benzene rings is 1. The van der Waals surface area contributed by atoms with Crippen molar-refractivity contribution in [3.63, 3.8) is 0 Å². The third-order valence-corrected chi connectivity index (χ3v) is 24.5. The van der Waals surface area contributed by atoms with Crippen molar-refractivity contribution in [3.05, 3.63) is 35.4 Å².